The molecule has 1 aromatic heterocycles. The van der Waals surface area contributed by atoms with Crippen LogP contribution < -0.4 is 0 Å². The minimum Gasteiger partial charge on any atom is -0.393 e. The molecule has 1 aliphatic heterocycles. The van der Waals surface area contributed by atoms with E-state index in [1.165, 1.54) is 4.88 Å². The zero-order chi connectivity index (χ0) is 10.8. The zero-order valence-electron chi connectivity index (χ0n) is 8.49. The first-order chi connectivity index (χ1) is 7.20. The molecule has 0 amide bonds. The fourth-order valence-electron chi connectivity index (χ4n) is 1.65. The number of carbonyl (C=O) groups is 2. The van der Waals surface area contributed by atoms with Crippen LogP contribution in [0.4, 0.5) is 0 Å². The zero-order valence-corrected chi connectivity index (χ0v) is 9.30. The van der Waals surface area contributed by atoms with Crippen LogP contribution >= 0.6 is 11.3 Å². The SMILES string of the molecule is CCCc1ccc(C2CC(=O)OC2=O)s1. The molecule has 3 nitrogen and oxygen atoms in total. The van der Waals surface area contributed by atoms with Crippen molar-refractivity contribution in [3.8, 4) is 0 Å². The highest BCUT2D eigenvalue weighted by molar-refractivity contribution is 7.12. The first kappa shape index (κ1) is 10.4. The Hall–Kier alpha value is -1.16. The maximum absolute atomic E-state index is 11.3. The molecule has 0 bridgehead atoms. The van der Waals surface area contributed by atoms with Crippen molar-refractivity contribution < 1.29 is 14.3 Å². The van der Waals surface area contributed by atoms with E-state index in [-0.39, 0.29) is 12.3 Å². The quantitative estimate of drug-likeness (QED) is 0.584. The van der Waals surface area contributed by atoms with E-state index < -0.39 is 11.9 Å². The van der Waals surface area contributed by atoms with Crippen molar-refractivity contribution in [2.75, 3.05) is 0 Å². The van der Waals surface area contributed by atoms with Crippen molar-refractivity contribution in [1.82, 2.24) is 0 Å². The van der Waals surface area contributed by atoms with Crippen LogP contribution in [-0.4, -0.2) is 11.9 Å². The van der Waals surface area contributed by atoms with E-state index in [4.69, 9.17) is 0 Å². The topological polar surface area (TPSA) is 43.4 Å². The van der Waals surface area contributed by atoms with E-state index in [9.17, 15) is 9.59 Å². The van der Waals surface area contributed by atoms with Gasteiger partial charge in [0.15, 0.2) is 0 Å². The van der Waals surface area contributed by atoms with Crippen LogP contribution in [-0.2, 0) is 20.7 Å². The molecule has 1 aliphatic rings. The summed E-state index contributed by atoms with van der Waals surface area (Å²) in [7, 11) is 0. The van der Waals surface area contributed by atoms with Gasteiger partial charge in [-0.2, -0.15) is 0 Å². The van der Waals surface area contributed by atoms with Crippen LogP contribution in [0.2, 0.25) is 0 Å². The number of carbonyl (C=O) groups excluding carboxylic acids is 2. The largest absolute Gasteiger partial charge is 0.393 e. The maximum Gasteiger partial charge on any atom is 0.322 e. The Morgan fingerprint density at radius 3 is 2.87 bits per heavy atom. The second-order valence-corrected chi connectivity index (χ2v) is 4.80. The van der Waals surface area contributed by atoms with E-state index in [1.54, 1.807) is 11.3 Å². The summed E-state index contributed by atoms with van der Waals surface area (Å²) in [6.45, 7) is 2.12. The summed E-state index contributed by atoms with van der Waals surface area (Å²) in [5.41, 5.74) is 0. The monoisotopic (exact) mass is 224 g/mol. The fourth-order valence-corrected chi connectivity index (χ4v) is 2.86. The molecule has 0 radical (unpaired) electrons. The Bertz CT molecular complexity index is 394. The summed E-state index contributed by atoms with van der Waals surface area (Å²) in [6.07, 6.45) is 2.32. The second-order valence-electron chi connectivity index (χ2n) is 3.60. The highest BCUT2D eigenvalue weighted by Crippen LogP contribution is 2.32. The highest BCUT2D eigenvalue weighted by Gasteiger charge is 2.35. The van der Waals surface area contributed by atoms with Gasteiger partial charge < -0.3 is 4.74 Å². The molecule has 1 saturated heterocycles. The molecular formula is C11H12O3S. The summed E-state index contributed by atoms with van der Waals surface area (Å²) in [6, 6.07) is 3.96. The van der Waals surface area contributed by atoms with Gasteiger partial charge in [0.25, 0.3) is 0 Å². The third-order valence-electron chi connectivity index (χ3n) is 2.39. The number of hydrogen-bond donors (Lipinski definition) is 0. The minimum absolute atomic E-state index is 0.199. The molecule has 0 aliphatic carbocycles. The Kier molecular flexibility index (Phi) is 2.86. The molecule has 2 heterocycles. The normalized spacial score (nSPS) is 20.7. The van der Waals surface area contributed by atoms with Gasteiger partial charge in [-0.15, -0.1) is 11.3 Å². The maximum atomic E-state index is 11.3. The number of aryl methyl sites for hydroxylation is 1. The first-order valence-electron chi connectivity index (χ1n) is 5.04. The van der Waals surface area contributed by atoms with Crippen LogP contribution in [0.15, 0.2) is 12.1 Å². The molecule has 0 aromatic carbocycles. The molecule has 1 unspecified atom stereocenters. The summed E-state index contributed by atoms with van der Waals surface area (Å²) < 4.78 is 4.53. The van der Waals surface area contributed by atoms with Gasteiger partial charge in [0.05, 0.1) is 6.42 Å². The molecule has 1 aromatic rings. The van der Waals surface area contributed by atoms with Crippen molar-refractivity contribution in [1.29, 1.82) is 0 Å². The number of ether oxygens (including phenoxy) is 1. The predicted octanol–water partition coefficient (Wildman–Crippen LogP) is 2.26. The average Bonchev–Trinajstić information content (AvgIpc) is 2.73. The first-order valence-corrected chi connectivity index (χ1v) is 5.85. The predicted molar refractivity (Wildman–Crippen MR) is 56.8 cm³/mol. The van der Waals surface area contributed by atoms with Crippen LogP contribution in [0, 0.1) is 0 Å². The molecule has 1 atom stereocenters. The van der Waals surface area contributed by atoms with E-state index in [0.717, 1.165) is 17.7 Å². The number of hydrogen-bond acceptors (Lipinski definition) is 4. The summed E-state index contributed by atoms with van der Waals surface area (Å²) in [5, 5.41) is 0. The smallest absolute Gasteiger partial charge is 0.322 e. The lowest BCUT2D eigenvalue weighted by Crippen LogP contribution is -2.03. The van der Waals surface area contributed by atoms with Gasteiger partial charge >= 0.3 is 11.9 Å². The van der Waals surface area contributed by atoms with Gasteiger partial charge in [-0.1, -0.05) is 13.3 Å². The lowest BCUT2D eigenvalue weighted by Gasteiger charge is -1.98. The number of rotatable bonds is 3. The van der Waals surface area contributed by atoms with Crippen LogP contribution in [0.1, 0.15) is 35.4 Å². The molecule has 15 heavy (non-hydrogen) atoms. The third kappa shape index (κ3) is 2.09. The molecule has 0 N–H and O–H groups in total. The number of esters is 2. The van der Waals surface area contributed by atoms with Gasteiger partial charge in [-0.05, 0) is 18.6 Å². The van der Waals surface area contributed by atoms with Crippen molar-refractivity contribution in [3.63, 3.8) is 0 Å². The fraction of sp³-hybridized carbons (Fsp3) is 0.455. The molecule has 80 valence electrons. The number of thiophene rings is 1. The molecule has 2 rings (SSSR count). The van der Waals surface area contributed by atoms with Crippen LogP contribution in [0.5, 0.6) is 0 Å². The van der Waals surface area contributed by atoms with Gasteiger partial charge in [0.1, 0.15) is 5.92 Å². The van der Waals surface area contributed by atoms with E-state index >= 15 is 0 Å². The number of cyclic esters (lactones) is 2. The van der Waals surface area contributed by atoms with Crippen LogP contribution in [0.25, 0.3) is 0 Å². The minimum atomic E-state index is -0.407. The second kappa shape index (κ2) is 4.14. The van der Waals surface area contributed by atoms with Crippen molar-refractivity contribution in [3.05, 3.63) is 21.9 Å². The third-order valence-corrected chi connectivity index (χ3v) is 3.65. The van der Waals surface area contributed by atoms with E-state index in [1.807, 2.05) is 12.1 Å². The van der Waals surface area contributed by atoms with Gasteiger partial charge in [-0.25, -0.2) is 0 Å². The highest BCUT2D eigenvalue weighted by atomic mass is 32.1. The summed E-state index contributed by atoms with van der Waals surface area (Å²) in [5.74, 6) is -1.16. The lowest BCUT2D eigenvalue weighted by molar-refractivity contribution is -0.152. The van der Waals surface area contributed by atoms with Crippen molar-refractivity contribution in [2.45, 2.75) is 32.1 Å². The van der Waals surface area contributed by atoms with Gasteiger partial charge in [-0.3, -0.25) is 9.59 Å². The summed E-state index contributed by atoms with van der Waals surface area (Å²) >= 11 is 1.61. The Labute approximate surface area is 92.1 Å². The van der Waals surface area contributed by atoms with Gasteiger partial charge in [0, 0.05) is 9.75 Å². The molecule has 4 heteroatoms. The van der Waals surface area contributed by atoms with E-state index in [2.05, 4.69) is 11.7 Å². The molecule has 1 fully saturated rings. The summed E-state index contributed by atoms with van der Waals surface area (Å²) in [4.78, 5) is 24.5. The van der Waals surface area contributed by atoms with Gasteiger partial charge in [0.2, 0.25) is 0 Å². The molecular weight excluding hydrogens is 212 g/mol. The van der Waals surface area contributed by atoms with Crippen molar-refractivity contribution in [2.24, 2.45) is 0 Å². The van der Waals surface area contributed by atoms with Crippen molar-refractivity contribution >= 4 is 23.3 Å². The lowest BCUT2D eigenvalue weighted by atomic mass is 10.1. The average molecular weight is 224 g/mol. The Morgan fingerprint density at radius 1 is 1.47 bits per heavy atom. The van der Waals surface area contributed by atoms with Crippen LogP contribution in [0.3, 0.4) is 0 Å². The Morgan fingerprint density at radius 2 is 2.27 bits per heavy atom. The van der Waals surface area contributed by atoms with E-state index in [0.29, 0.717) is 0 Å². The molecule has 0 spiro atoms. The molecule has 0 saturated carbocycles. The standard InChI is InChI=1S/C11H12O3S/c1-2-3-7-4-5-9(15-7)8-6-10(12)14-11(8)13/h4-5,8H,2-3,6H2,1H3. The Balaban J connectivity index is 2.15.